The summed E-state index contributed by atoms with van der Waals surface area (Å²) in [6.07, 6.45) is -0.574. The van der Waals surface area contributed by atoms with Gasteiger partial charge in [-0.1, -0.05) is 19.9 Å². The van der Waals surface area contributed by atoms with E-state index in [9.17, 15) is 4.79 Å². The minimum atomic E-state index is -0.574. The zero-order chi connectivity index (χ0) is 13.9. The molecule has 1 atom stereocenters. The third-order valence-electron chi connectivity index (χ3n) is 3.02. The van der Waals surface area contributed by atoms with Gasteiger partial charge in [0.1, 0.15) is 5.75 Å². The number of nitrogens with two attached hydrogens (primary N) is 1. The van der Waals surface area contributed by atoms with E-state index in [1.54, 1.807) is 0 Å². The molecule has 1 aromatic carbocycles. The van der Waals surface area contributed by atoms with E-state index in [1.165, 1.54) is 0 Å². The summed E-state index contributed by atoms with van der Waals surface area (Å²) in [5.74, 6) is 5.68. The van der Waals surface area contributed by atoms with Crippen LogP contribution in [0.25, 0.3) is 0 Å². The van der Waals surface area contributed by atoms with E-state index in [4.69, 9.17) is 10.6 Å². The molecule has 1 aromatic rings. The van der Waals surface area contributed by atoms with Crippen molar-refractivity contribution in [2.75, 3.05) is 0 Å². The first-order valence-corrected chi connectivity index (χ1v) is 6.11. The SMILES string of the molecule is Cc1cc(C)c(C)c(OC(C(=O)NN)C(C)C)c1. The van der Waals surface area contributed by atoms with Gasteiger partial charge in [0.25, 0.3) is 5.91 Å². The first-order chi connectivity index (χ1) is 8.36. The first kappa shape index (κ1) is 14.5. The number of hydrogen-bond donors (Lipinski definition) is 2. The fraction of sp³-hybridized carbons (Fsp3) is 0.500. The zero-order valence-corrected chi connectivity index (χ0v) is 11.7. The summed E-state index contributed by atoms with van der Waals surface area (Å²) in [6.45, 7) is 9.88. The Bertz CT molecular complexity index is 442. The van der Waals surface area contributed by atoms with Crippen molar-refractivity contribution in [3.05, 3.63) is 28.8 Å². The van der Waals surface area contributed by atoms with E-state index in [1.807, 2.05) is 40.7 Å². The maximum absolute atomic E-state index is 11.7. The third-order valence-corrected chi connectivity index (χ3v) is 3.02. The van der Waals surface area contributed by atoms with Crippen LogP contribution in [0.15, 0.2) is 12.1 Å². The van der Waals surface area contributed by atoms with Gasteiger partial charge in [-0.2, -0.15) is 0 Å². The van der Waals surface area contributed by atoms with E-state index < -0.39 is 6.10 Å². The lowest BCUT2D eigenvalue weighted by Gasteiger charge is -2.22. The molecule has 0 saturated heterocycles. The van der Waals surface area contributed by atoms with Crippen molar-refractivity contribution in [1.29, 1.82) is 0 Å². The fourth-order valence-electron chi connectivity index (χ4n) is 1.83. The summed E-state index contributed by atoms with van der Waals surface area (Å²) in [6, 6.07) is 4.04. The number of nitrogens with one attached hydrogen (secondary N) is 1. The molecule has 1 rings (SSSR count). The van der Waals surface area contributed by atoms with Crippen LogP contribution in [0.3, 0.4) is 0 Å². The van der Waals surface area contributed by atoms with Gasteiger partial charge in [0.05, 0.1) is 0 Å². The second-order valence-electron chi connectivity index (χ2n) is 5.00. The Morgan fingerprint density at radius 1 is 1.28 bits per heavy atom. The first-order valence-electron chi connectivity index (χ1n) is 6.11. The lowest BCUT2D eigenvalue weighted by molar-refractivity contribution is -0.129. The quantitative estimate of drug-likeness (QED) is 0.488. The van der Waals surface area contributed by atoms with Crippen molar-refractivity contribution < 1.29 is 9.53 Å². The fourth-order valence-corrected chi connectivity index (χ4v) is 1.83. The smallest absolute Gasteiger partial charge is 0.275 e. The number of hydrazine groups is 1. The summed E-state index contributed by atoms with van der Waals surface area (Å²) in [7, 11) is 0. The van der Waals surface area contributed by atoms with E-state index in [0.717, 1.165) is 22.4 Å². The van der Waals surface area contributed by atoms with Gasteiger partial charge in [0.2, 0.25) is 0 Å². The molecule has 0 heterocycles. The molecule has 0 bridgehead atoms. The van der Waals surface area contributed by atoms with Crippen LogP contribution in [0.5, 0.6) is 5.75 Å². The predicted molar refractivity (Wildman–Crippen MR) is 72.2 cm³/mol. The minimum absolute atomic E-state index is 0.0498. The maximum atomic E-state index is 11.7. The maximum Gasteiger partial charge on any atom is 0.275 e. The summed E-state index contributed by atoms with van der Waals surface area (Å²) >= 11 is 0. The van der Waals surface area contributed by atoms with Crippen LogP contribution < -0.4 is 16.0 Å². The molecule has 4 heteroatoms. The van der Waals surface area contributed by atoms with Crippen LogP contribution in [0, 0.1) is 26.7 Å². The van der Waals surface area contributed by atoms with Crippen LogP contribution in [-0.2, 0) is 4.79 Å². The lowest BCUT2D eigenvalue weighted by Crippen LogP contribution is -2.44. The van der Waals surface area contributed by atoms with Crippen molar-refractivity contribution in [1.82, 2.24) is 5.43 Å². The third kappa shape index (κ3) is 3.23. The Kier molecular flexibility index (Phi) is 4.73. The number of rotatable bonds is 4. The second kappa shape index (κ2) is 5.87. The predicted octanol–water partition coefficient (Wildman–Crippen LogP) is 2.01. The molecule has 18 heavy (non-hydrogen) atoms. The molecule has 4 nitrogen and oxygen atoms in total. The molecule has 0 aliphatic carbocycles. The molecular weight excluding hydrogens is 228 g/mol. The molecule has 0 aromatic heterocycles. The Hall–Kier alpha value is -1.55. The molecule has 0 aliphatic heterocycles. The number of aryl methyl sites for hydroxylation is 2. The molecule has 100 valence electrons. The highest BCUT2D eigenvalue weighted by Crippen LogP contribution is 2.25. The highest BCUT2D eigenvalue weighted by Gasteiger charge is 2.24. The Balaban J connectivity index is 3.04. The van der Waals surface area contributed by atoms with E-state index in [2.05, 4.69) is 11.5 Å². The van der Waals surface area contributed by atoms with Crippen molar-refractivity contribution in [2.24, 2.45) is 11.8 Å². The van der Waals surface area contributed by atoms with Crippen LogP contribution in [0.1, 0.15) is 30.5 Å². The summed E-state index contributed by atoms with van der Waals surface area (Å²) in [4.78, 5) is 11.7. The highest BCUT2D eigenvalue weighted by atomic mass is 16.5. The largest absolute Gasteiger partial charge is 0.480 e. The van der Waals surface area contributed by atoms with E-state index in [-0.39, 0.29) is 11.8 Å². The number of hydrogen-bond acceptors (Lipinski definition) is 3. The van der Waals surface area contributed by atoms with E-state index >= 15 is 0 Å². The van der Waals surface area contributed by atoms with Gasteiger partial charge in [0, 0.05) is 0 Å². The van der Waals surface area contributed by atoms with Crippen LogP contribution >= 0.6 is 0 Å². The Labute approximate surface area is 108 Å². The summed E-state index contributed by atoms with van der Waals surface area (Å²) in [5.41, 5.74) is 5.47. The van der Waals surface area contributed by atoms with Gasteiger partial charge in [0.15, 0.2) is 6.10 Å². The average molecular weight is 250 g/mol. The highest BCUT2D eigenvalue weighted by molar-refractivity contribution is 5.80. The van der Waals surface area contributed by atoms with Gasteiger partial charge in [-0.15, -0.1) is 0 Å². The normalized spacial score (nSPS) is 12.4. The van der Waals surface area contributed by atoms with Gasteiger partial charge < -0.3 is 4.74 Å². The molecule has 0 spiro atoms. The molecule has 3 N–H and O–H groups in total. The molecular formula is C14H22N2O2. The number of ether oxygens (including phenoxy) is 1. The number of carbonyl (C=O) groups excluding carboxylic acids is 1. The van der Waals surface area contributed by atoms with Crippen LogP contribution in [0.2, 0.25) is 0 Å². The van der Waals surface area contributed by atoms with Crippen molar-refractivity contribution in [3.63, 3.8) is 0 Å². The Morgan fingerprint density at radius 2 is 1.89 bits per heavy atom. The molecule has 0 fully saturated rings. The van der Waals surface area contributed by atoms with E-state index in [0.29, 0.717) is 0 Å². The van der Waals surface area contributed by atoms with Gasteiger partial charge >= 0.3 is 0 Å². The van der Waals surface area contributed by atoms with Gasteiger partial charge in [-0.05, 0) is 49.4 Å². The Morgan fingerprint density at radius 3 is 2.39 bits per heavy atom. The monoisotopic (exact) mass is 250 g/mol. The minimum Gasteiger partial charge on any atom is -0.480 e. The van der Waals surface area contributed by atoms with Crippen LogP contribution in [0.4, 0.5) is 0 Å². The van der Waals surface area contributed by atoms with Crippen molar-refractivity contribution >= 4 is 5.91 Å². The summed E-state index contributed by atoms with van der Waals surface area (Å²) in [5, 5.41) is 0. The zero-order valence-electron chi connectivity index (χ0n) is 11.7. The summed E-state index contributed by atoms with van der Waals surface area (Å²) < 4.78 is 5.83. The number of amides is 1. The lowest BCUT2D eigenvalue weighted by atomic mass is 10.0. The van der Waals surface area contributed by atoms with Gasteiger partial charge in [-0.25, -0.2) is 5.84 Å². The number of carbonyl (C=O) groups is 1. The van der Waals surface area contributed by atoms with Crippen molar-refractivity contribution in [3.8, 4) is 5.75 Å². The topological polar surface area (TPSA) is 64.3 Å². The molecule has 0 saturated carbocycles. The molecule has 0 radical (unpaired) electrons. The standard InChI is InChI=1S/C14H22N2O2/c1-8(2)13(14(17)16-15)18-12-7-9(3)6-10(4)11(12)5/h6-8,13H,15H2,1-5H3,(H,16,17). The molecule has 1 amide bonds. The second-order valence-corrected chi connectivity index (χ2v) is 5.00. The van der Waals surface area contributed by atoms with Gasteiger partial charge in [-0.3, -0.25) is 10.2 Å². The number of benzene rings is 1. The molecule has 1 unspecified atom stereocenters. The van der Waals surface area contributed by atoms with Crippen molar-refractivity contribution in [2.45, 2.75) is 40.7 Å². The van der Waals surface area contributed by atoms with Crippen LogP contribution in [-0.4, -0.2) is 12.0 Å². The average Bonchev–Trinajstić information content (AvgIpc) is 2.30. The molecule has 0 aliphatic rings.